The summed E-state index contributed by atoms with van der Waals surface area (Å²) < 4.78 is 0. The van der Waals surface area contributed by atoms with E-state index in [4.69, 9.17) is 0 Å². The number of likely N-dealkylation sites (tertiary alicyclic amines) is 2. The van der Waals surface area contributed by atoms with Gasteiger partial charge in [-0.3, -0.25) is 38.4 Å². The fourth-order valence-corrected chi connectivity index (χ4v) is 13.3. The highest BCUT2D eigenvalue weighted by atomic mass is 16.2. The van der Waals surface area contributed by atoms with Crippen molar-refractivity contribution in [2.75, 3.05) is 27.2 Å². The molecular formula is C59H86N10O8. The van der Waals surface area contributed by atoms with Gasteiger partial charge in [-0.1, -0.05) is 90.1 Å². The number of fused-ring (bicyclic) bond motifs is 4. The zero-order valence-corrected chi connectivity index (χ0v) is 47.1. The van der Waals surface area contributed by atoms with Crippen LogP contribution in [0.3, 0.4) is 0 Å². The minimum absolute atomic E-state index is 0.0251. The fourth-order valence-electron chi connectivity index (χ4n) is 13.3. The van der Waals surface area contributed by atoms with Gasteiger partial charge in [0.1, 0.15) is 24.2 Å². The Bertz CT molecular complexity index is 2390. The summed E-state index contributed by atoms with van der Waals surface area (Å²) in [7, 11) is 3.33. The molecule has 4 aliphatic carbocycles. The van der Waals surface area contributed by atoms with Crippen molar-refractivity contribution >= 4 is 47.3 Å². The van der Waals surface area contributed by atoms with E-state index in [0.29, 0.717) is 6.42 Å². The van der Waals surface area contributed by atoms with E-state index < -0.39 is 82.8 Å². The first-order valence-corrected chi connectivity index (χ1v) is 28.4. The van der Waals surface area contributed by atoms with Crippen LogP contribution in [0.4, 0.5) is 0 Å². The van der Waals surface area contributed by atoms with Crippen molar-refractivity contribution in [3.8, 4) is 0 Å². The van der Waals surface area contributed by atoms with E-state index >= 15 is 0 Å². The topological polar surface area (TPSA) is 239 Å². The minimum atomic E-state index is -0.985. The van der Waals surface area contributed by atoms with Crippen LogP contribution in [0.1, 0.15) is 148 Å². The minimum Gasteiger partial charge on any atom is -0.351 e. The van der Waals surface area contributed by atoms with Crippen LogP contribution in [0.15, 0.2) is 48.5 Å². The molecule has 0 radical (unpaired) electrons. The zero-order chi connectivity index (χ0) is 55.7. The predicted octanol–water partition coefficient (Wildman–Crippen LogP) is 3.49. The van der Waals surface area contributed by atoms with Crippen molar-refractivity contribution in [3.05, 3.63) is 70.8 Å². The van der Waals surface area contributed by atoms with Gasteiger partial charge < -0.3 is 52.3 Å². The number of nitrogens with zero attached hydrogens (tertiary/aromatic N) is 2. The quantitative estimate of drug-likeness (QED) is 0.122. The Labute approximate surface area is 455 Å². The van der Waals surface area contributed by atoms with E-state index in [0.717, 1.165) is 62.5 Å². The molecule has 14 atom stereocenters. The molecule has 2 heterocycles. The van der Waals surface area contributed by atoms with Crippen LogP contribution in [0.2, 0.25) is 0 Å². The Morgan fingerprint density at radius 2 is 0.883 bits per heavy atom. The molecule has 4 fully saturated rings. The van der Waals surface area contributed by atoms with Gasteiger partial charge in [0.05, 0.1) is 36.0 Å². The lowest BCUT2D eigenvalue weighted by molar-refractivity contribution is -0.144. The van der Waals surface area contributed by atoms with Crippen molar-refractivity contribution in [1.29, 1.82) is 0 Å². The van der Waals surface area contributed by atoms with Crippen molar-refractivity contribution in [1.82, 2.24) is 52.3 Å². The van der Waals surface area contributed by atoms with Crippen LogP contribution >= 0.6 is 0 Å². The van der Waals surface area contributed by atoms with Crippen molar-refractivity contribution in [3.63, 3.8) is 0 Å². The molecule has 18 heteroatoms. The second-order valence-electron chi connectivity index (χ2n) is 25.2. The average Bonchev–Trinajstić information content (AvgIpc) is 4.33. The van der Waals surface area contributed by atoms with Gasteiger partial charge in [0, 0.05) is 25.2 Å². The van der Waals surface area contributed by atoms with Crippen molar-refractivity contribution in [2.24, 2.45) is 34.5 Å². The van der Waals surface area contributed by atoms with Crippen LogP contribution in [0.5, 0.6) is 0 Å². The highest BCUT2D eigenvalue weighted by Gasteiger charge is 2.56. The summed E-state index contributed by atoms with van der Waals surface area (Å²) in [5, 5.41) is 24.7. The normalized spacial score (nSPS) is 28.2. The van der Waals surface area contributed by atoms with Crippen LogP contribution < -0.4 is 42.5 Å². The number of benzene rings is 2. The molecule has 2 saturated heterocycles. The summed E-state index contributed by atoms with van der Waals surface area (Å²) in [6.45, 7) is 14.7. The number of aryl methyl sites for hydroxylation is 2. The third kappa shape index (κ3) is 12.5. The number of nitrogens with one attached hydrogen (secondary N) is 8. The van der Waals surface area contributed by atoms with Gasteiger partial charge in [0.25, 0.3) is 0 Å². The molecule has 2 bridgehead atoms. The number of hydrogen-bond acceptors (Lipinski definition) is 10. The summed E-state index contributed by atoms with van der Waals surface area (Å²) in [5.41, 5.74) is 2.97. The number of amides is 8. The predicted molar refractivity (Wildman–Crippen MR) is 292 cm³/mol. The molecule has 2 aliphatic heterocycles. The molecule has 0 unspecified atom stereocenters. The zero-order valence-electron chi connectivity index (χ0n) is 47.1. The summed E-state index contributed by atoms with van der Waals surface area (Å²) in [4.78, 5) is 118. The second-order valence-corrected chi connectivity index (χ2v) is 25.2. The number of rotatable bonds is 16. The summed E-state index contributed by atoms with van der Waals surface area (Å²) >= 11 is 0. The second kappa shape index (κ2) is 23.6. The standard InChI is InChI=1S/C59H86N10O8/c1-32(60-9)50(70)66-48(58(3,4)5)56(76)68-30-38(28-44(68)52(72)64-42-23-15-19-34-17-11-13-21-40(34)42)62-54(74)46-36-25-26-37(27-36)47(46)55(75)63-39-29-45(53(73)65-43-24-16-20-35-18-12-14-22-41(35)43)69(31-39)57(77)49(59(6,7)8)67-51(71)33(2)61-10/h11-14,17-18,21-22,32-33,36-39,42-49,60-61H,15-16,19-20,23-31H2,1-10H3,(H,62,74)(H,63,75)(H,64,72)(H,65,73)(H,66,70)(H,67,71)/t32-,33-,36-,37+,38-,39-,42+,43+,44-,45-,46+,47-,48+,49+/m0/s1. The molecule has 6 aliphatic rings. The lowest BCUT2D eigenvalue weighted by Crippen LogP contribution is -2.59. The summed E-state index contributed by atoms with van der Waals surface area (Å²) in [5.74, 6) is -4.35. The molecule has 2 aromatic rings. The van der Waals surface area contributed by atoms with Crippen molar-refractivity contribution in [2.45, 2.75) is 186 Å². The van der Waals surface area contributed by atoms with E-state index in [2.05, 4.69) is 54.7 Å². The number of hydrogen-bond donors (Lipinski definition) is 8. The van der Waals surface area contributed by atoms with E-state index in [1.807, 2.05) is 77.9 Å². The maximum atomic E-state index is 14.9. The van der Waals surface area contributed by atoms with Gasteiger partial charge in [0.2, 0.25) is 47.3 Å². The van der Waals surface area contributed by atoms with Gasteiger partial charge >= 0.3 is 0 Å². The van der Waals surface area contributed by atoms with E-state index in [9.17, 15) is 38.4 Å². The molecule has 18 nitrogen and oxygen atoms in total. The van der Waals surface area contributed by atoms with Gasteiger partial charge in [-0.2, -0.15) is 0 Å². The summed E-state index contributed by atoms with van der Waals surface area (Å²) in [6.07, 6.45) is 7.61. The monoisotopic (exact) mass is 1060 g/mol. The smallest absolute Gasteiger partial charge is 0.246 e. The maximum Gasteiger partial charge on any atom is 0.246 e. The molecule has 2 aromatic carbocycles. The van der Waals surface area contributed by atoms with Crippen LogP contribution in [-0.2, 0) is 51.2 Å². The first kappa shape index (κ1) is 57.3. The van der Waals surface area contributed by atoms with Crippen LogP contribution in [0.25, 0.3) is 0 Å². The molecule has 77 heavy (non-hydrogen) atoms. The van der Waals surface area contributed by atoms with Gasteiger partial charge in [-0.15, -0.1) is 0 Å². The number of carbonyl (C=O) groups is 8. The number of carbonyl (C=O) groups excluding carboxylic acids is 8. The lowest BCUT2D eigenvalue weighted by Gasteiger charge is -2.36. The van der Waals surface area contributed by atoms with Gasteiger partial charge in [-0.25, -0.2) is 0 Å². The first-order chi connectivity index (χ1) is 36.5. The Hall–Kier alpha value is -5.88. The first-order valence-electron chi connectivity index (χ1n) is 28.4. The van der Waals surface area contributed by atoms with Crippen molar-refractivity contribution < 1.29 is 38.4 Å². The molecule has 2 saturated carbocycles. The molecule has 8 N–H and O–H groups in total. The molecule has 0 spiro atoms. The third-order valence-corrected chi connectivity index (χ3v) is 17.8. The van der Waals surface area contributed by atoms with E-state index in [1.165, 1.54) is 20.9 Å². The fraction of sp³-hybridized carbons (Fsp3) is 0.661. The largest absolute Gasteiger partial charge is 0.351 e. The molecule has 0 aromatic heterocycles. The average molecular weight is 1060 g/mol. The SMILES string of the molecule is CN[C@@H](C)C(=O)N[C@H](C(=O)N1C[C@@H](NC(=O)[C@@H]2[C@H]3CC[C@H](C3)[C@@H]2C(=O)N[C@H]2C[C@@H](C(=O)N[C@@H]3CCCc4ccccc43)N(C(=O)[C@@H](NC(=O)[C@H](C)NC)C(C)(C)C)C2)C[C@H]1C(=O)N[C@@H]1CCCc2ccccc21)C(C)(C)C. The molecule has 8 amide bonds. The molecule has 420 valence electrons. The molecule has 8 rings (SSSR count). The number of likely N-dealkylation sites (N-methyl/N-ethyl adjacent to an activating group) is 2. The Morgan fingerprint density at radius 1 is 0.506 bits per heavy atom. The Kier molecular flexibility index (Phi) is 17.6. The molecular weight excluding hydrogens is 977 g/mol. The van der Waals surface area contributed by atoms with Gasteiger partial charge in [0.15, 0.2) is 0 Å². The van der Waals surface area contributed by atoms with E-state index in [-0.39, 0.29) is 85.3 Å². The summed E-state index contributed by atoms with van der Waals surface area (Å²) in [6, 6.07) is 9.32. The highest BCUT2D eigenvalue weighted by molar-refractivity contribution is 5.96. The van der Waals surface area contributed by atoms with Crippen LogP contribution in [0, 0.1) is 34.5 Å². The Balaban J connectivity index is 1.01. The maximum absolute atomic E-state index is 14.9. The lowest BCUT2D eigenvalue weighted by atomic mass is 9.78. The Morgan fingerprint density at radius 3 is 1.25 bits per heavy atom. The van der Waals surface area contributed by atoms with Gasteiger partial charge in [-0.05, 0) is 143 Å². The third-order valence-electron chi connectivity index (χ3n) is 17.8. The van der Waals surface area contributed by atoms with E-state index in [1.54, 1.807) is 27.9 Å². The van der Waals surface area contributed by atoms with Crippen LogP contribution in [-0.4, -0.2) is 133 Å². The highest BCUT2D eigenvalue weighted by Crippen LogP contribution is 2.53.